The average molecular weight is 264 g/mol. The van der Waals surface area contributed by atoms with Gasteiger partial charge in [0.1, 0.15) is 17.2 Å². The van der Waals surface area contributed by atoms with Crippen LogP contribution in [0.4, 0.5) is 4.79 Å². The van der Waals surface area contributed by atoms with Gasteiger partial charge in [0.2, 0.25) is 0 Å². The zero-order valence-electron chi connectivity index (χ0n) is 9.79. The van der Waals surface area contributed by atoms with Crippen LogP contribution < -0.4 is 5.73 Å². The second-order valence-corrected chi connectivity index (χ2v) is 4.43. The molecule has 18 heavy (non-hydrogen) atoms. The number of carbonyl (C=O) groups is 2. The maximum Gasteiger partial charge on any atom is 0.327 e. The number of urea groups is 1. The molecule has 1 aliphatic rings. The summed E-state index contributed by atoms with van der Waals surface area (Å²) in [6.07, 6.45) is 1.57. The first kappa shape index (κ1) is 12.4. The molecule has 0 radical (unpaired) electrons. The Labute approximate surface area is 109 Å². The number of carbonyl (C=O) groups excluding carboxylic acids is 2. The van der Waals surface area contributed by atoms with Gasteiger partial charge in [0.15, 0.2) is 0 Å². The minimum atomic E-state index is -0.322. The first-order valence-corrected chi connectivity index (χ1v) is 5.70. The van der Waals surface area contributed by atoms with Crippen molar-refractivity contribution in [2.75, 3.05) is 13.6 Å². The predicted octanol–water partition coefficient (Wildman–Crippen LogP) is 0.110. The van der Waals surface area contributed by atoms with Gasteiger partial charge in [0, 0.05) is 18.8 Å². The lowest BCUT2D eigenvalue weighted by Crippen LogP contribution is -2.32. The van der Waals surface area contributed by atoms with Gasteiger partial charge >= 0.3 is 6.03 Å². The van der Waals surface area contributed by atoms with Gasteiger partial charge in [0.25, 0.3) is 5.91 Å². The maximum absolute atomic E-state index is 11.7. The summed E-state index contributed by atoms with van der Waals surface area (Å²) in [5, 5.41) is 0. The highest BCUT2D eigenvalue weighted by molar-refractivity contribution is 7.80. The van der Waals surface area contributed by atoms with E-state index in [0.29, 0.717) is 11.3 Å². The van der Waals surface area contributed by atoms with Crippen molar-refractivity contribution in [1.29, 1.82) is 0 Å². The van der Waals surface area contributed by atoms with Gasteiger partial charge in [0.05, 0.1) is 6.54 Å². The van der Waals surface area contributed by atoms with Crippen LogP contribution >= 0.6 is 12.2 Å². The number of thiocarbonyl (C=S) groups is 1. The molecule has 7 heteroatoms. The summed E-state index contributed by atoms with van der Waals surface area (Å²) in [6, 6.07) is 3.14. The van der Waals surface area contributed by atoms with Crippen LogP contribution in [0.1, 0.15) is 11.3 Å². The fourth-order valence-electron chi connectivity index (χ4n) is 1.78. The normalized spacial score (nSPS) is 15.4. The lowest BCUT2D eigenvalue weighted by atomic mass is 10.2. The number of pyridine rings is 1. The van der Waals surface area contributed by atoms with Gasteiger partial charge in [-0.25, -0.2) is 4.79 Å². The van der Waals surface area contributed by atoms with E-state index in [0.717, 1.165) is 0 Å². The number of imide groups is 1. The Morgan fingerprint density at radius 3 is 2.83 bits per heavy atom. The molecule has 0 spiro atoms. The van der Waals surface area contributed by atoms with Gasteiger partial charge in [-0.2, -0.15) is 0 Å². The number of amides is 3. The lowest BCUT2D eigenvalue weighted by Gasteiger charge is -2.15. The first-order chi connectivity index (χ1) is 8.50. The van der Waals surface area contributed by atoms with E-state index >= 15 is 0 Å². The van der Waals surface area contributed by atoms with Gasteiger partial charge in [-0.15, -0.1) is 0 Å². The number of hydrogen-bond acceptors (Lipinski definition) is 4. The molecule has 1 aliphatic heterocycles. The van der Waals surface area contributed by atoms with Crippen molar-refractivity contribution in [3.05, 3.63) is 29.6 Å². The van der Waals surface area contributed by atoms with Crippen molar-refractivity contribution in [3.8, 4) is 0 Å². The highest BCUT2D eigenvalue weighted by Gasteiger charge is 2.33. The van der Waals surface area contributed by atoms with E-state index in [1.165, 1.54) is 9.80 Å². The molecule has 0 aliphatic carbocycles. The topological polar surface area (TPSA) is 79.5 Å². The van der Waals surface area contributed by atoms with Crippen molar-refractivity contribution < 1.29 is 9.59 Å². The van der Waals surface area contributed by atoms with Crippen LogP contribution in [0.5, 0.6) is 0 Å². The van der Waals surface area contributed by atoms with Gasteiger partial charge in [-0.05, 0) is 6.07 Å². The third-order valence-corrected chi connectivity index (χ3v) is 2.88. The minimum absolute atomic E-state index is 0.0987. The Morgan fingerprint density at radius 2 is 2.28 bits per heavy atom. The number of aromatic nitrogens is 1. The van der Waals surface area contributed by atoms with Gasteiger partial charge in [-0.1, -0.05) is 18.3 Å². The Morgan fingerprint density at radius 1 is 1.56 bits per heavy atom. The van der Waals surface area contributed by atoms with Crippen LogP contribution in [0.15, 0.2) is 18.3 Å². The number of hydrogen-bond donors (Lipinski definition) is 1. The summed E-state index contributed by atoms with van der Waals surface area (Å²) in [5.41, 5.74) is 6.67. The lowest BCUT2D eigenvalue weighted by molar-refractivity contribution is -0.125. The molecule has 1 aromatic heterocycles. The second kappa shape index (κ2) is 4.69. The van der Waals surface area contributed by atoms with E-state index < -0.39 is 0 Å². The van der Waals surface area contributed by atoms with Gasteiger partial charge < -0.3 is 10.6 Å². The molecule has 6 nitrogen and oxygen atoms in total. The number of nitrogens with zero attached hydrogens (tertiary/aromatic N) is 3. The molecule has 0 unspecified atom stereocenters. The predicted molar refractivity (Wildman–Crippen MR) is 68.7 cm³/mol. The first-order valence-electron chi connectivity index (χ1n) is 5.30. The molecule has 94 valence electrons. The van der Waals surface area contributed by atoms with Crippen LogP contribution in [0.25, 0.3) is 0 Å². The quantitative estimate of drug-likeness (QED) is 0.619. The highest BCUT2D eigenvalue weighted by Crippen LogP contribution is 2.15. The van der Waals surface area contributed by atoms with Crippen molar-refractivity contribution in [1.82, 2.24) is 14.8 Å². The zero-order valence-corrected chi connectivity index (χ0v) is 10.6. The van der Waals surface area contributed by atoms with Crippen molar-refractivity contribution in [3.63, 3.8) is 0 Å². The summed E-state index contributed by atoms with van der Waals surface area (Å²) in [7, 11) is 1.58. The summed E-state index contributed by atoms with van der Waals surface area (Å²) < 4.78 is 0. The molecule has 0 saturated carbocycles. The molecule has 1 fully saturated rings. The minimum Gasteiger partial charge on any atom is -0.388 e. The number of rotatable bonds is 3. The highest BCUT2D eigenvalue weighted by atomic mass is 32.1. The van der Waals surface area contributed by atoms with E-state index in [9.17, 15) is 9.59 Å². The Kier molecular flexibility index (Phi) is 3.24. The smallest absolute Gasteiger partial charge is 0.327 e. The summed E-state index contributed by atoms with van der Waals surface area (Å²) in [4.78, 5) is 30.1. The van der Waals surface area contributed by atoms with Crippen LogP contribution in [0, 0.1) is 0 Å². The van der Waals surface area contributed by atoms with Crippen LogP contribution in [-0.4, -0.2) is 45.3 Å². The van der Waals surface area contributed by atoms with E-state index in [2.05, 4.69) is 4.98 Å². The largest absolute Gasteiger partial charge is 0.388 e. The van der Waals surface area contributed by atoms with E-state index in [4.69, 9.17) is 18.0 Å². The Hall–Kier alpha value is -2.02. The van der Waals surface area contributed by atoms with Crippen LogP contribution in [0.2, 0.25) is 0 Å². The molecule has 2 N–H and O–H groups in total. The maximum atomic E-state index is 11.7. The third kappa shape index (κ3) is 2.17. The SMILES string of the molecule is CN1CC(=O)N(Cc2cccnc2C(N)=S)C1=O. The van der Waals surface area contributed by atoms with Crippen molar-refractivity contribution >= 4 is 29.1 Å². The van der Waals surface area contributed by atoms with Crippen LogP contribution in [-0.2, 0) is 11.3 Å². The zero-order chi connectivity index (χ0) is 13.3. The third-order valence-electron chi connectivity index (χ3n) is 2.68. The summed E-state index contributed by atoms with van der Waals surface area (Å²) in [5.74, 6) is -0.236. The van der Waals surface area contributed by atoms with E-state index in [-0.39, 0.29) is 30.0 Å². The Bertz CT molecular complexity index is 532. The fraction of sp³-hybridized carbons (Fsp3) is 0.273. The molecule has 0 atom stereocenters. The molecular weight excluding hydrogens is 252 g/mol. The average Bonchev–Trinajstić information content (AvgIpc) is 2.56. The van der Waals surface area contributed by atoms with Crippen molar-refractivity contribution in [2.24, 2.45) is 5.73 Å². The fourth-order valence-corrected chi connectivity index (χ4v) is 1.97. The van der Waals surface area contributed by atoms with Crippen LogP contribution in [0.3, 0.4) is 0 Å². The number of nitrogens with two attached hydrogens (primary N) is 1. The molecule has 1 saturated heterocycles. The Balaban J connectivity index is 2.27. The monoisotopic (exact) mass is 264 g/mol. The number of likely N-dealkylation sites (N-methyl/N-ethyl adjacent to an activating group) is 1. The molecule has 2 rings (SSSR count). The standard InChI is InChI=1S/C11H12N4O2S/c1-14-6-8(16)15(11(14)17)5-7-3-2-4-13-9(7)10(12)18/h2-4H,5-6H2,1H3,(H2,12,18). The summed E-state index contributed by atoms with van der Waals surface area (Å²) >= 11 is 4.89. The van der Waals surface area contributed by atoms with Gasteiger partial charge in [-0.3, -0.25) is 14.7 Å². The molecule has 2 heterocycles. The molecule has 3 amide bonds. The molecule has 0 bridgehead atoms. The second-order valence-electron chi connectivity index (χ2n) is 3.99. The van der Waals surface area contributed by atoms with E-state index in [1.54, 1.807) is 25.4 Å². The van der Waals surface area contributed by atoms with E-state index in [1.807, 2.05) is 0 Å². The van der Waals surface area contributed by atoms with Crippen molar-refractivity contribution in [2.45, 2.75) is 6.54 Å². The summed E-state index contributed by atoms with van der Waals surface area (Å²) in [6.45, 7) is 0.240. The molecule has 0 aromatic carbocycles. The molecule has 1 aromatic rings. The molecular formula is C11H12N4O2S.